The number of likely N-dealkylation sites (N-methyl/N-ethyl adjacent to an activating group) is 1. The van der Waals surface area contributed by atoms with E-state index in [4.69, 9.17) is 4.74 Å². The Balaban J connectivity index is 2.03. The number of esters is 1. The van der Waals surface area contributed by atoms with Crippen LogP contribution in [0.2, 0.25) is 0 Å². The van der Waals surface area contributed by atoms with E-state index in [-0.39, 0.29) is 5.97 Å². The summed E-state index contributed by atoms with van der Waals surface area (Å²) in [4.78, 5) is 12.1. The Morgan fingerprint density at radius 3 is 3.11 bits per heavy atom. The average molecular weight is 330 g/mol. The van der Waals surface area contributed by atoms with Crippen molar-refractivity contribution in [1.82, 2.24) is 15.1 Å². The molecule has 0 saturated heterocycles. The van der Waals surface area contributed by atoms with Gasteiger partial charge in [-0.05, 0) is 48.2 Å². The molecular formula is C13H20BrN3O2. The Kier molecular flexibility index (Phi) is 4.62. The largest absolute Gasteiger partial charge is 0.468 e. The van der Waals surface area contributed by atoms with E-state index in [9.17, 15) is 4.79 Å². The molecule has 0 aromatic carbocycles. The molecule has 1 N–H and O–H groups in total. The second kappa shape index (κ2) is 6.05. The molecule has 1 aromatic heterocycles. The number of aryl methyl sites for hydroxylation is 1. The van der Waals surface area contributed by atoms with Crippen molar-refractivity contribution in [2.24, 2.45) is 5.92 Å². The monoisotopic (exact) mass is 329 g/mol. The zero-order chi connectivity index (χ0) is 13.9. The van der Waals surface area contributed by atoms with Gasteiger partial charge in [0.25, 0.3) is 0 Å². The number of halogens is 1. The van der Waals surface area contributed by atoms with E-state index in [2.05, 4.69) is 26.3 Å². The van der Waals surface area contributed by atoms with Crippen LogP contribution in [0.5, 0.6) is 0 Å². The van der Waals surface area contributed by atoms with Gasteiger partial charge in [0, 0.05) is 12.7 Å². The van der Waals surface area contributed by atoms with Crippen LogP contribution >= 0.6 is 15.9 Å². The van der Waals surface area contributed by atoms with Gasteiger partial charge in [-0.3, -0.25) is 9.48 Å². The number of nitrogens with one attached hydrogen (secondary N) is 1. The zero-order valence-electron chi connectivity index (χ0n) is 11.4. The number of hydrogen-bond acceptors (Lipinski definition) is 4. The fourth-order valence-electron chi connectivity index (χ4n) is 3.10. The van der Waals surface area contributed by atoms with Gasteiger partial charge in [-0.2, -0.15) is 5.10 Å². The first kappa shape index (κ1) is 14.5. The van der Waals surface area contributed by atoms with E-state index in [0.29, 0.717) is 5.92 Å². The van der Waals surface area contributed by atoms with Crippen molar-refractivity contribution >= 4 is 21.9 Å². The Morgan fingerprint density at radius 2 is 2.53 bits per heavy atom. The molecule has 0 radical (unpaired) electrons. The summed E-state index contributed by atoms with van der Waals surface area (Å²) in [5.74, 6) is 0.159. The highest BCUT2D eigenvalue weighted by Gasteiger charge is 2.48. The fourth-order valence-corrected chi connectivity index (χ4v) is 3.43. The second-order valence-corrected chi connectivity index (χ2v) is 5.93. The van der Waals surface area contributed by atoms with Gasteiger partial charge in [-0.15, -0.1) is 0 Å². The van der Waals surface area contributed by atoms with Gasteiger partial charge in [0.15, 0.2) is 0 Å². The number of ether oxygens (including phenoxy) is 1. The lowest BCUT2D eigenvalue weighted by molar-refractivity contribution is -0.150. The van der Waals surface area contributed by atoms with Crippen molar-refractivity contribution in [3.63, 3.8) is 0 Å². The number of nitrogens with zero attached hydrogens (tertiary/aromatic N) is 2. The molecule has 1 aromatic rings. The lowest BCUT2D eigenvalue weighted by Gasteiger charge is -2.32. The van der Waals surface area contributed by atoms with Crippen molar-refractivity contribution in [2.75, 3.05) is 14.2 Å². The molecule has 5 nitrogen and oxygen atoms in total. The number of carbonyl (C=O) groups excluding carboxylic acids is 1. The molecule has 1 saturated carbocycles. The summed E-state index contributed by atoms with van der Waals surface area (Å²) in [5.41, 5.74) is -0.515. The summed E-state index contributed by atoms with van der Waals surface area (Å²) < 4.78 is 7.86. The van der Waals surface area contributed by atoms with Crippen LogP contribution in [0, 0.1) is 5.92 Å². The summed E-state index contributed by atoms with van der Waals surface area (Å²) in [5, 5.41) is 7.45. The zero-order valence-corrected chi connectivity index (χ0v) is 12.9. The van der Waals surface area contributed by atoms with Crippen LogP contribution in [-0.2, 0) is 16.1 Å². The second-order valence-electron chi connectivity index (χ2n) is 5.01. The molecule has 0 bridgehead atoms. The van der Waals surface area contributed by atoms with E-state index in [1.54, 1.807) is 6.20 Å². The van der Waals surface area contributed by atoms with E-state index in [1.807, 2.05) is 17.9 Å². The van der Waals surface area contributed by atoms with E-state index in [0.717, 1.165) is 36.7 Å². The van der Waals surface area contributed by atoms with Crippen LogP contribution in [0.1, 0.15) is 25.7 Å². The molecule has 6 heteroatoms. The maximum Gasteiger partial charge on any atom is 0.326 e. The molecule has 2 atom stereocenters. The predicted molar refractivity (Wildman–Crippen MR) is 75.7 cm³/mol. The van der Waals surface area contributed by atoms with Gasteiger partial charge in [0.2, 0.25) is 0 Å². The van der Waals surface area contributed by atoms with E-state index in [1.165, 1.54) is 7.11 Å². The molecule has 106 valence electrons. The number of methoxy groups -OCH3 is 1. The Labute approximate surface area is 121 Å². The van der Waals surface area contributed by atoms with E-state index < -0.39 is 5.54 Å². The minimum Gasteiger partial charge on any atom is -0.468 e. The van der Waals surface area contributed by atoms with Crippen LogP contribution in [0.25, 0.3) is 0 Å². The van der Waals surface area contributed by atoms with Crippen molar-refractivity contribution in [2.45, 2.75) is 37.8 Å². The van der Waals surface area contributed by atoms with Crippen LogP contribution in [0.15, 0.2) is 16.9 Å². The van der Waals surface area contributed by atoms with Gasteiger partial charge in [0.05, 0.1) is 17.8 Å². The van der Waals surface area contributed by atoms with Gasteiger partial charge in [-0.25, -0.2) is 0 Å². The maximum atomic E-state index is 12.1. The van der Waals surface area contributed by atoms with Crippen LogP contribution in [0.4, 0.5) is 0 Å². The van der Waals surface area contributed by atoms with Crippen molar-refractivity contribution in [3.05, 3.63) is 16.9 Å². The first-order valence-electron chi connectivity index (χ1n) is 6.57. The smallest absolute Gasteiger partial charge is 0.326 e. The molecule has 0 amide bonds. The molecule has 1 aliphatic carbocycles. The molecule has 1 aliphatic rings. The summed E-state index contributed by atoms with van der Waals surface area (Å²) in [6.07, 6.45) is 7.61. The Bertz CT molecular complexity index is 449. The fraction of sp³-hybridized carbons (Fsp3) is 0.692. The third-order valence-corrected chi connectivity index (χ3v) is 4.53. The molecule has 1 fully saturated rings. The van der Waals surface area contributed by atoms with Crippen LogP contribution in [-0.4, -0.2) is 35.4 Å². The van der Waals surface area contributed by atoms with Gasteiger partial charge < -0.3 is 10.1 Å². The third kappa shape index (κ3) is 2.84. The van der Waals surface area contributed by atoms with Crippen molar-refractivity contribution < 1.29 is 9.53 Å². The topological polar surface area (TPSA) is 56.1 Å². The molecule has 0 aliphatic heterocycles. The summed E-state index contributed by atoms with van der Waals surface area (Å²) >= 11 is 3.39. The van der Waals surface area contributed by atoms with E-state index >= 15 is 0 Å². The molecule has 2 rings (SSSR count). The third-order valence-electron chi connectivity index (χ3n) is 4.12. The first-order valence-corrected chi connectivity index (χ1v) is 7.37. The predicted octanol–water partition coefficient (Wildman–Crippen LogP) is 1.97. The Hall–Kier alpha value is -0.880. The molecule has 19 heavy (non-hydrogen) atoms. The summed E-state index contributed by atoms with van der Waals surface area (Å²) in [6, 6.07) is 0. The Morgan fingerprint density at radius 1 is 1.74 bits per heavy atom. The quantitative estimate of drug-likeness (QED) is 0.839. The van der Waals surface area contributed by atoms with Crippen molar-refractivity contribution in [1.29, 1.82) is 0 Å². The number of carbonyl (C=O) groups is 1. The first-order chi connectivity index (χ1) is 9.12. The highest BCUT2D eigenvalue weighted by atomic mass is 79.9. The van der Waals surface area contributed by atoms with Gasteiger partial charge in [0.1, 0.15) is 5.54 Å². The lowest BCUT2D eigenvalue weighted by atomic mass is 9.84. The number of aromatic nitrogens is 2. The van der Waals surface area contributed by atoms with Crippen molar-refractivity contribution in [3.8, 4) is 0 Å². The average Bonchev–Trinajstić information content (AvgIpc) is 3.02. The van der Waals surface area contributed by atoms with Gasteiger partial charge in [-0.1, -0.05) is 6.42 Å². The maximum absolute atomic E-state index is 12.1. The minimum absolute atomic E-state index is 0.140. The standard InChI is InChI=1S/C13H20BrN3O2/c1-15-13(12(18)19-2)6-3-4-10(13)5-7-17-9-11(14)8-16-17/h8-10,15H,3-7H2,1-2H3. The van der Waals surface area contributed by atoms with Crippen LogP contribution < -0.4 is 5.32 Å². The molecule has 0 spiro atoms. The number of rotatable bonds is 5. The lowest BCUT2D eigenvalue weighted by Crippen LogP contribution is -2.54. The molecule has 2 unspecified atom stereocenters. The summed E-state index contributed by atoms with van der Waals surface area (Å²) in [7, 11) is 3.31. The highest BCUT2D eigenvalue weighted by Crippen LogP contribution is 2.38. The van der Waals surface area contributed by atoms with Gasteiger partial charge >= 0.3 is 5.97 Å². The molecular weight excluding hydrogens is 310 g/mol. The SMILES string of the molecule is CNC1(C(=O)OC)CCCC1CCn1cc(Br)cn1. The van der Waals surface area contributed by atoms with Crippen LogP contribution in [0.3, 0.4) is 0 Å². The highest BCUT2D eigenvalue weighted by molar-refractivity contribution is 9.10. The summed E-state index contributed by atoms with van der Waals surface area (Å²) in [6.45, 7) is 0.816. The minimum atomic E-state index is -0.515. The normalized spacial score (nSPS) is 26.6. The molecule has 1 heterocycles. The number of hydrogen-bond donors (Lipinski definition) is 1.